The molecule has 7 heteroatoms. The molecule has 2 aromatic heterocycles. The van der Waals surface area contributed by atoms with Crippen molar-refractivity contribution in [2.45, 2.75) is 51.6 Å². The van der Waals surface area contributed by atoms with Crippen molar-refractivity contribution in [3.8, 4) is 0 Å². The largest absolute Gasteiger partial charge is 0.355 e. The monoisotopic (exact) mass is 420 g/mol. The molecule has 1 fully saturated rings. The van der Waals surface area contributed by atoms with Crippen LogP contribution < -0.4 is 10.6 Å². The molecule has 164 valence electrons. The summed E-state index contributed by atoms with van der Waals surface area (Å²) in [5, 5.41) is 4.73. The number of amides is 1. The van der Waals surface area contributed by atoms with Crippen molar-refractivity contribution in [1.82, 2.24) is 19.5 Å². The number of rotatable bonds is 5. The highest BCUT2D eigenvalue weighted by Gasteiger charge is 2.35. The number of aromatic nitrogens is 3. The number of carbonyl (C=O) groups excluding carboxylic acids is 1. The van der Waals surface area contributed by atoms with Crippen LogP contribution in [0.3, 0.4) is 0 Å². The topological polar surface area (TPSA) is 79.8 Å². The summed E-state index contributed by atoms with van der Waals surface area (Å²) in [5.74, 6) is 1.02. The van der Waals surface area contributed by atoms with E-state index in [4.69, 9.17) is 15.8 Å². The van der Waals surface area contributed by atoms with Crippen LogP contribution in [0.4, 0.5) is 5.82 Å². The molecule has 0 saturated carbocycles. The molecule has 4 rings (SSSR count). The Morgan fingerprint density at radius 2 is 2.00 bits per heavy atom. The van der Waals surface area contributed by atoms with Gasteiger partial charge in [-0.05, 0) is 39.7 Å². The summed E-state index contributed by atoms with van der Waals surface area (Å²) >= 11 is 0. The predicted octanol–water partition coefficient (Wildman–Crippen LogP) is 3.07. The number of aryl methyl sites for hydroxylation is 1. The highest BCUT2D eigenvalue weighted by Crippen LogP contribution is 2.30. The van der Waals surface area contributed by atoms with Crippen molar-refractivity contribution in [3.63, 3.8) is 0 Å². The summed E-state index contributed by atoms with van der Waals surface area (Å²) in [5.41, 5.74) is 9.13. The number of benzene rings is 1. The summed E-state index contributed by atoms with van der Waals surface area (Å²) in [4.78, 5) is 22.3. The van der Waals surface area contributed by atoms with E-state index in [0.717, 1.165) is 47.8 Å². The Labute approximate surface area is 183 Å². The minimum atomic E-state index is -0.625. The Hall–Kier alpha value is -2.93. The van der Waals surface area contributed by atoms with Crippen LogP contribution in [0.1, 0.15) is 50.1 Å². The van der Waals surface area contributed by atoms with Crippen molar-refractivity contribution >= 4 is 17.4 Å². The molecule has 31 heavy (non-hydrogen) atoms. The van der Waals surface area contributed by atoms with Gasteiger partial charge in [0.2, 0.25) is 5.91 Å². The van der Waals surface area contributed by atoms with Crippen molar-refractivity contribution in [2.24, 2.45) is 5.73 Å². The van der Waals surface area contributed by atoms with Crippen molar-refractivity contribution in [3.05, 3.63) is 59.4 Å². The maximum Gasteiger partial charge on any atom is 0.232 e. The normalized spacial score (nSPS) is 17.9. The number of anilines is 1. The fourth-order valence-electron chi connectivity index (χ4n) is 4.32. The summed E-state index contributed by atoms with van der Waals surface area (Å²) in [6, 6.07) is 11.9. The number of carbonyl (C=O) groups is 1. The van der Waals surface area contributed by atoms with Crippen LogP contribution in [0.2, 0.25) is 0 Å². The third-order valence-electron chi connectivity index (χ3n) is 6.51. The van der Waals surface area contributed by atoms with E-state index in [1.165, 1.54) is 0 Å². The lowest BCUT2D eigenvalue weighted by Gasteiger charge is -2.33. The second-order valence-corrected chi connectivity index (χ2v) is 9.20. The van der Waals surface area contributed by atoms with Crippen molar-refractivity contribution in [2.75, 3.05) is 25.0 Å². The number of nitrogens with zero attached hydrogens (tertiary/aromatic N) is 5. The average molecular weight is 421 g/mol. The van der Waals surface area contributed by atoms with Gasteiger partial charge in [0.05, 0.1) is 17.2 Å². The number of hydrogen-bond donors (Lipinski definition) is 1. The van der Waals surface area contributed by atoms with Crippen LogP contribution in [0.5, 0.6) is 0 Å². The van der Waals surface area contributed by atoms with E-state index in [0.29, 0.717) is 0 Å². The average Bonchev–Trinajstić information content (AvgIpc) is 3.37. The molecule has 1 saturated heterocycles. The zero-order valence-corrected chi connectivity index (χ0v) is 19.0. The quantitative estimate of drug-likeness (QED) is 0.686. The highest BCUT2D eigenvalue weighted by molar-refractivity contribution is 5.87. The molecule has 2 atom stereocenters. The van der Waals surface area contributed by atoms with Gasteiger partial charge in [-0.15, -0.1) is 0 Å². The molecule has 3 aromatic rings. The van der Waals surface area contributed by atoms with E-state index in [2.05, 4.69) is 11.8 Å². The van der Waals surface area contributed by atoms with Gasteiger partial charge < -0.3 is 15.5 Å². The minimum absolute atomic E-state index is 0.0548. The van der Waals surface area contributed by atoms with Gasteiger partial charge in [-0.25, -0.2) is 9.50 Å². The van der Waals surface area contributed by atoms with E-state index >= 15 is 0 Å². The lowest BCUT2D eigenvalue weighted by atomic mass is 9.83. The number of likely N-dealkylation sites (N-methyl/N-ethyl adjacent to an activating group) is 1. The maximum atomic E-state index is 13.4. The Kier molecular flexibility index (Phi) is 5.47. The summed E-state index contributed by atoms with van der Waals surface area (Å²) in [6.07, 6.45) is 2.99. The van der Waals surface area contributed by atoms with Gasteiger partial charge >= 0.3 is 0 Å². The molecule has 1 aliphatic rings. The molecule has 1 amide bonds. The fraction of sp³-hybridized carbons (Fsp3) is 0.458. The molecule has 0 aliphatic carbocycles. The number of hydrogen-bond acceptors (Lipinski definition) is 5. The molecule has 1 aliphatic heterocycles. The van der Waals surface area contributed by atoms with E-state index in [1.54, 1.807) is 9.42 Å². The molecule has 0 unspecified atom stereocenters. The van der Waals surface area contributed by atoms with Crippen molar-refractivity contribution in [1.29, 1.82) is 0 Å². The molecule has 0 spiro atoms. The van der Waals surface area contributed by atoms with Crippen LogP contribution in [-0.2, 0) is 10.2 Å². The van der Waals surface area contributed by atoms with Crippen LogP contribution in [0.15, 0.2) is 42.6 Å². The molecule has 3 heterocycles. The Balaban J connectivity index is 1.60. The Bertz CT molecular complexity index is 1090. The van der Waals surface area contributed by atoms with E-state index in [9.17, 15) is 4.79 Å². The third kappa shape index (κ3) is 3.90. The number of nitrogens with two attached hydrogens (primary N) is 1. The van der Waals surface area contributed by atoms with Gasteiger partial charge in [-0.3, -0.25) is 4.79 Å². The highest BCUT2D eigenvalue weighted by atomic mass is 16.2. The van der Waals surface area contributed by atoms with Gasteiger partial charge in [0.1, 0.15) is 5.82 Å². The van der Waals surface area contributed by atoms with Gasteiger partial charge in [0.25, 0.3) is 0 Å². The van der Waals surface area contributed by atoms with Crippen LogP contribution in [0, 0.1) is 6.92 Å². The first-order valence-electron chi connectivity index (χ1n) is 10.9. The second-order valence-electron chi connectivity index (χ2n) is 9.20. The zero-order valence-electron chi connectivity index (χ0n) is 19.0. The van der Waals surface area contributed by atoms with Crippen molar-refractivity contribution < 1.29 is 4.79 Å². The lowest BCUT2D eigenvalue weighted by molar-refractivity contribution is -0.137. The van der Waals surface area contributed by atoms with E-state index in [-0.39, 0.29) is 18.0 Å². The molecule has 7 nitrogen and oxygen atoms in total. The molecular formula is C24H32N6O. The Morgan fingerprint density at radius 3 is 2.65 bits per heavy atom. The first kappa shape index (κ1) is 21.3. The van der Waals surface area contributed by atoms with Gasteiger partial charge in [-0.2, -0.15) is 5.10 Å². The molecular weight excluding hydrogens is 388 g/mol. The zero-order chi connectivity index (χ0) is 22.3. The van der Waals surface area contributed by atoms with Crippen LogP contribution in [-0.4, -0.2) is 51.6 Å². The standard InChI is InChI=1S/C24H32N6O/c1-16-14-30-21(26-22(16)29-12-11-19(25)15-29)13-20(27-30)17(2)28(5)23(31)24(3,4)18-9-7-6-8-10-18/h6-10,13-14,17,19H,11-12,15,25H2,1-5H3/t17-,19-/m0/s1. The minimum Gasteiger partial charge on any atom is -0.355 e. The van der Waals surface area contributed by atoms with Gasteiger partial charge in [-0.1, -0.05) is 30.3 Å². The van der Waals surface area contributed by atoms with Crippen LogP contribution >= 0.6 is 0 Å². The Morgan fingerprint density at radius 1 is 1.29 bits per heavy atom. The van der Waals surface area contributed by atoms with Crippen LogP contribution in [0.25, 0.3) is 5.65 Å². The second kappa shape index (κ2) is 7.96. The van der Waals surface area contributed by atoms with E-state index < -0.39 is 5.41 Å². The summed E-state index contributed by atoms with van der Waals surface area (Å²) in [7, 11) is 1.84. The summed E-state index contributed by atoms with van der Waals surface area (Å²) < 4.78 is 1.81. The molecule has 2 N–H and O–H groups in total. The van der Waals surface area contributed by atoms with Gasteiger partial charge in [0.15, 0.2) is 5.65 Å². The molecule has 0 bridgehead atoms. The fourth-order valence-corrected chi connectivity index (χ4v) is 4.32. The number of fused-ring (bicyclic) bond motifs is 1. The molecule has 0 radical (unpaired) electrons. The lowest BCUT2D eigenvalue weighted by Crippen LogP contribution is -2.42. The summed E-state index contributed by atoms with van der Waals surface area (Å²) in [6.45, 7) is 9.75. The smallest absolute Gasteiger partial charge is 0.232 e. The first-order valence-corrected chi connectivity index (χ1v) is 10.9. The van der Waals surface area contributed by atoms with Gasteiger partial charge in [0, 0.05) is 44.0 Å². The SMILES string of the molecule is Cc1cn2nc([C@H](C)N(C)C(=O)C(C)(C)c3ccccc3)cc2nc1N1CC[C@H](N)C1. The third-order valence-corrected chi connectivity index (χ3v) is 6.51. The first-order chi connectivity index (χ1) is 14.7. The molecule has 1 aromatic carbocycles. The maximum absolute atomic E-state index is 13.4. The van der Waals surface area contributed by atoms with E-state index in [1.807, 2.05) is 70.4 Å². The predicted molar refractivity (Wildman–Crippen MR) is 123 cm³/mol.